The maximum absolute atomic E-state index is 6.03. The molecule has 98 valence electrons. The van der Waals surface area contributed by atoms with E-state index in [1.807, 2.05) is 30.3 Å². The summed E-state index contributed by atoms with van der Waals surface area (Å²) in [6, 6.07) is 12.0. The van der Waals surface area contributed by atoms with Crippen molar-refractivity contribution in [3.8, 4) is 11.5 Å². The van der Waals surface area contributed by atoms with Gasteiger partial charge in [-0.15, -0.1) is 0 Å². The van der Waals surface area contributed by atoms with Crippen LogP contribution in [0.5, 0.6) is 11.5 Å². The fourth-order valence-corrected chi connectivity index (χ4v) is 3.21. The summed E-state index contributed by atoms with van der Waals surface area (Å²) in [6.07, 6.45) is 0. The largest absolute Gasteiger partial charge is 0.486 e. The Morgan fingerprint density at radius 1 is 1.00 bits per heavy atom. The van der Waals surface area contributed by atoms with Gasteiger partial charge in [0.2, 0.25) is 0 Å². The van der Waals surface area contributed by atoms with E-state index in [1.54, 1.807) is 11.8 Å². The van der Waals surface area contributed by atoms with E-state index in [1.165, 1.54) is 0 Å². The first kappa shape index (κ1) is 12.9. The van der Waals surface area contributed by atoms with Gasteiger partial charge in [0.05, 0.1) is 0 Å². The Balaban J connectivity index is 1.87. The molecular weight excluding hydrogens is 373 g/mol. The number of hydrogen-bond donors (Lipinski definition) is 1. The molecule has 0 bridgehead atoms. The molecule has 0 spiro atoms. The molecule has 1 aliphatic rings. The molecule has 5 heteroatoms. The zero-order valence-corrected chi connectivity index (χ0v) is 13.0. The highest BCUT2D eigenvalue weighted by Gasteiger charge is 2.12. The third-order valence-corrected chi connectivity index (χ3v) is 4.47. The maximum atomic E-state index is 6.03. The molecule has 1 heterocycles. The summed E-state index contributed by atoms with van der Waals surface area (Å²) in [7, 11) is 0. The molecule has 1 aliphatic heterocycles. The van der Waals surface area contributed by atoms with Gasteiger partial charge in [-0.1, -0.05) is 11.8 Å². The molecule has 0 aliphatic carbocycles. The molecule has 0 fully saturated rings. The Morgan fingerprint density at radius 3 is 2.58 bits per heavy atom. The number of rotatable bonds is 2. The lowest BCUT2D eigenvalue weighted by molar-refractivity contribution is 0.171. The van der Waals surface area contributed by atoms with E-state index in [0.29, 0.717) is 13.2 Å². The van der Waals surface area contributed by atoms with Gasteiger partial charge in [-0.3, -0.25) is 0 Å². The average molecular weight is 385 g/mol. The highest BCUT2D eigenvalue weighted by molar-refractivity contribution is 14.1. The van der Waals surface area contributed by atoms with Crippen LogP contribution in [0.3, 0.4) is 0 Å². The Morgan fingerprint density at radius 2 is 1.79 bits per heavy atom. The Bertz CT molecular complexity index is 618. The van der Waals surface area contributed by atoms with Crippen LogP contribution in [-0.2, 0) is 0 Å². The fourth-order valence-electron chi connectivity index (χ4n) is 1.83. The van der Waals surface area contributed by atoms with Gasteiger partial charge in [-0.2, -0.15) is 0 Å². The summed E-state index contributed by atoms with van der Waals surface area (Å²) in [5, 5.41) is 0. The van der Waals surface area contributed by atoms with Crippen molar-refractivity contribution in [3.63, 3.8) is 0 Å². The predicted molar refractivity (Wildman–Crippen MR) is 85.1 cm³/mol. The second-order valence-corrected chi connectivity index (χ2v) is 6.45. The van der Waals surface area contributed by atoms with Crippen molar-refractivity contribution in [1.29, 1.82) is 0 Å². The molecule has 0 saturated heterocycles. The molecule has 0 radical (unpaired) electrons. The van der Waals surface area contributed by atoms with E-state index in [4.69, 9.17) is 15.2 Å². The summed E-state index contributed by atoms with van der Waals surface area (Å²) in [5.74, 6) is 1.62. The number of benzene rings is 2. The highest BCUT2D eigenvalue weighted by atomic mass is 127. The number of nitrogen functional groups attached to an aromatic ring is 1. The second-order valence-electron chi connectivity index (χ2n) is 4.09. The smallest absolute Gasteiger partial charge is 0.162 e. The number of halogens is 1. The van der Waals surface area contributed by atoms with Crippen molar-refractivity contribution >= 4 is 40.0 Å². The third-order valence-electron chi connectivity index (χ3n) is 2.71. The van der Waals surface area contributed by atoms with Crippen molar-refractivity contribution in [2.45, 2.75) is 9.79 Å². The molecule has 0 aromatic heterocycles. The van der Waals surface area contributed by atoms with Gasteiger partial charge in [0.15, 0.2) is 11.5 Å². The van der Waals surface area contributed by atoms with Crippen molar-refractivity contribution in [2.75, 3.05) is 18.9 Å². The van der Waals surface area contributed by atoms with Crippen LogP contribution in [0.1, 0.15) is 0 Å². The standard InChI is InChI=1S/C14H12INO2S/c15-9-1-4-14(11(16)7-9)19-10-2-3-12-13(8-10)18-6-5-17-12/h1-4,7-8H,5-6,16H2. The molecule has 2 aromatic rings. The monoisotopic (exact) mass is 385 g/mol. The van der Waals surface area contributed by atoms with E-state index in [2.05, 4.69) is 28.7 Å². The minimum atomic E-state index is 0.604. The molecule has 0 unspecified atom stereocenters. The molecule has 2 aromatic carbocycles. The fraction of sp³-hybridized carbons (Fsp3) is 0.143. The van der Waals surface area contributed by atoms with Gasteiger partial charge >= 0.3 is 0 Å². The van der Waals surface area contributed by atoms with Crippen molar-refractivity contribution in [3.05, 3.63) is 40.0 Å². The molecule has 0 amide bonds. The van der Waals surface area contributed by atoms with Crippen LogP contribution >= 0.6 is 34.4 Å². The quantitative estimate of drug-likeness (QED) is 0.631. The molecule has 0 saturated carbocycles. The van der Waals surface area contributed by atoms with Gasteiger partial charge in [-0.25, -0.2) is 0 Å². The first-order valence-electron chi connectivity index (χ1n) is 5.85. The first-order chi connectivity index (χ1) is 9.22. The summed E-state index contributed by atoms with van der Waals surface area (Å²) < 4.78 is 12.2. The number of ether oxygens (including phenoxy) is 2. The number of fused-ring (bicyclic) bond motifs is 1. The van der Waals surface area contributed by atoms with E-state index < -0.39 is 0 Å². The number of anilines is 1. The van der Waals surface area contributed by atoms with E-state index in [0.717, 1.165) is 30.5 Å². The normalized spacial score (nSPS) is 13.3. The van der Waals surface area contributed by atoms with Gasteiger partial charge in [0, 0.05) is 19.0 Å². The zero-order chi connectivity index (χ0) is 13.2. The van der Waals surface area contributed by atoms with Gasteiger partial charge in [0.25, 0.3) is 0 Å². The van der Waals surface area contributed by atoms with Crippen LogP contribution < -0.4 is 15.2 Å². The van der Waals surface area contributed by atoms with Crippen molar-refractivity contribution in [2.24, 2.45) is 0 Å². The van der Waals surface area contributed by atoms with Gasteiger partial charge < -0.3 is 15.2 Å². The molecule has 19 heavy (non-hydrogen) atoms. The predicted octanol–water partition coefficient (Wildman–Crippen LogP) is 3.80. The van der Waals surface area contributed by atoms with Crippen molar-refractivity contribution in [1.82, 2.24) is 0 Å². The van der Waals surface area contributed by atoms with Crippen molar-refractivity contribution < 1.29 is 9.47 Å². The molecule has 0 atom stereocenters. The summed E-state index contributed by atoms with van der Waals surface area (Å²) in [5.41, 5.74) is 6.82. The van der Waals surface area contributed by atoms with Crippen LogP contribution in [0.15, 0.2) is 46.2 Å². The topological polar surface area (TPSA) is 44.5 Å². The maximum Gasteiger partial charge on any atom is 0.162 e. The summed E-state index contributed by atoms with van der Waals surface area (Å²) in [4.78, 5) is 2.15. The van der Waals surface area contributed by atoms with Crippen LogP contribution in [0.2, 0.25) is 0 Å². The molecule has 3 nitrogen and oxygen atoms in total. The molecule has 3 rings (SSSR count). The van der Waals surface area contributed by atoms with E-state index >= 15 is 0 Å². The van der Waals surface area contributed by atoms with Crippen LogP contribution in [0.4, 0.5) is 5.69 Å². The summed E-state index contributed by atoms with van der Waals surface area (Å²) in [6.45, 7) is 1.22. The lowest BCUT2D eigenvalue weighted by atomic mass is 10.3. The Kier molecular flexibility index (Phi) is 3.74. The molecule has 2 N–H and O–H groups in total. The van der Waals surface area contributed by atoms with E-state index in [-0.39, 0.29) is 0 Å². The first-order valence-corrected chi connectivity index (χ1v) is 7.74. The Hall–Kier alpha value is -1.08. The average Bonchev–Trinajstić information content (AvgIpc) is 2.42. The number of hydrogen-bond acceptors (Lipinski definition) is 4. The third kappa shape index (κ3) is 2.92. The van der Waals surface area contributed by atoms with Crippen LogP contribution in [0, 0.1) is 3.57 Å². The lowest BCUT2D eigenvalue weighted by Crippen LogP contribution is -2.15. The number of nitrogens with two attached hydrogens (primary N) is 1. The van der Waals surface area contributed by atoms with Gasteiger partial charge in [-0.05, 0) is 59.0 Å². The lowest BCUT2D eigenvalue weighted by Gasteiger charge is -2.18. The van der Waals surface area contributed by atoms with E-state index in [9.17, 15) is 0 Å². The van der Waals surface area contributed by atoms with Crippen LogP contribution in [0.25, 0.3) is 0 Å². The summed E-state index contributed by atoms with van der Waals surface area (Å²) >= 11 is 3.89. The minimum absolute atomic E-state index is 0.604. The minimum Gasteiger partial charge on any atom is -0.486 e. The second kappa shape index (κ2) is 5.50. The van der Waals surface area contributed by atoms with Crippen LogP contribution in [-0.4, -0.2) is 13.2 Å². The SMILES string of the molecule is Nc1cc(I)ccc1Sc1ccc2c(c1)OCCO2. The highest BCUT2D eigenvalue weighted by Crippen LogP contribution is 2.38. The Labute approximate surface area is 129 Å². The van der Waals surface area contributed by atoms with Gasteiger partial charge in [0.1, 0.15) is 13.2 Å². The zero-order valence-electron chi connectivity index (χ0n) is 10.1. The molecular formula is C14H12INO2S.